The molecule has 2 aromatic rings. The van der Waals surface area contributed by atoms with Crippen LogP contribution in [0.15, 0.2) is 56.7 Å². The van der Waals surface area contributed by atoms with E-state index in [9.17, 15) is 22.8 Å². The Labute approximate surface area is 219 Å². The summed E-state index contributed by atoms with van der Waals surface area (Å²) in [4.78, 5) is 40.1. The van der Waals surface area contributed by atoms with Crippen molar-refractivity contribution in [3.63, 3.8) is 0 Å². The minimum absolute atomic E-state index is 0.0429. The van der Waals surface area contributed by atoms with Gasteiger partial charge in [-0.15, -0.1) is 0 Å². The van der Waals surface area contributed by atoms with Gasteiger partial charge in [-0.1, -0.05) is 17.7 Å². The summed E-state index contributed by atoms with van der Waals surface area (Å²) in [5.74, 6) is -0.840. The van der Waals surface area contributed by atoms with Gasteiger partial charge in [-0.3, -0.25) is 19.3 Å². The van der Waals surface area contributed by atoms with Gasteiger partial charge in [0.25, 0.3) is 11.1 Å². The van der Waals surface area contributed by atoms with E-state index in [-0.39, 0.29) is 28.0 Å². The zero-order valence-corrected chi connectivity index (χ0v) is 22.0. The summed E-state index contributed by atoms with van der Waals surface area (Å²) < 4.78 is 35.8. The predicted octanol–water partition coefficient (Wildman–Crippen LogP) is 3.77. The first-order chi connectivity index (χ1) is 16.6. The molecule has 2 aromatic carbocycles. The lowest BCUT2D eigenvalue weighted by atomic mass is 10.2. The number of thioether (sulfide) groups is 1. The molecule has 0 spiro atoms. The molecule has 0 atom stereocenters. The first kappa shape index (κ1) is 25.7. The number of halogens is 2. The molecule has 0 unspecified atom stereocenters. The third kappa shape index (κ3) is 6.07. The van der Waals surface area contributed by atoms with Crippen LogP contribution in [-0.4, -0.2) is 68.1 Å². The first-order valence-electron chi connectivity index (χ1n) is 10.2. The van der Waals surface area contributed by atoms with Crippen molar-refractivity contribution in [3.05, 3.63) is 62.4 Å². The van der Waals surface area contributed by atoms with Crippen LogP contribution in [0, 0.1) is 0 Å². The number of carbonyl (C=O) groups excluding carboxylic acids is 3. The van der Waals surface area contributed by atoms with Crippen molar-refractivity contribution in [3.8, 4) is 5.75 Å². The normalized spacial score (nSPS) is 17.8. The van der Waals surface area contributed by atoms with Crippen LogP contribution in [0.1, 0.15) is 5.56 Å². The first-order valence-corrected chi connectivity index (χ1v) is 13.6. The molecular formula is C22H18BrClN2O7S2. The summed E-state index contributed by atoms with van der Waals surface area (Å²) >= 11 is 9.81. The molecular weight excluding hydrogens is 584 g/mol. The number of benzene rings is 2. The van der Waals surface area contributed by atoms with Crippen molar-refractivity contribution in [1.29, 1.82) is 0 Å². The second-order valence-electron chi connectivity index (χ2n) is 7.44. The van der Waals surface area contributed by atoms with Crippen molar-refractivity contribution >= 4 is 72.5 Å². The van der Waals surface area contributed by atoms with Crippen LogP contribution in [0.4, 0.5) is 4.79 Å². The van der Waals surface area contributed by atoms with E-state index >= 15 is 0 Å². The van der Waals surface area contributed by atoms with Crippen LogP contribution in [0.5, 0.6) is 5.75 Å². The minimum Gasteiger partial charge on any atom is -0.378 e. The molecule has 2 saturated heterocycles. The summed E-state index contributed by atoms with van der Waals surface area (Å²) in [5.41, 5.74) is 0.526. The van der Waals surface area contributed by atoms with E-state index in [2.05, 4.69) is 15.9 Å². The second kappa shape index (κ2) is 10.7. The van der Waals surface area contributed by atoms with Gasteiger partial charge in [-0.2, -0.15) is 8.42 Å². The molecule has 0 aromatic heterocycles. The predicted molar refractivity (Wildman–Crippen MR) is 133 cm³/mol. The maximum Gasteiger partial charge on any atom is 0.339 e. The Kier molecular flexibility index (Phi) is 7.86. The van der Waals surface area contributed by atoms with Crippen LogP contribution in [0.3, 0.4) is 0 Å². The number of ether oxygens (including phenoxy) is 1. The quantitative estimate of drug-likeness (QED) is 0.364. The van der Waals surface area contributed by atoms with Gasteiger partial charge in [0.05, 0.1) is 22.6 Å². The highest BCUT2D eigenvalue weighted by molar-refractivity contribution is 9.10. The smallest absolute Gasteiger partial charge is 0.339 e. The average molecular weight is 602 g/mol. The lowest BCUT2D eigenvalue weighted by Gasteiger charge is -2.28. The van der Waals surface area contributed by atoms with Crippen molar-refractivity contribution in [2.45, 2.75) is 4.90 Å². The van der Waals surface area contributed by atoms with Crippen molar-refractivity contribution < 1.29 is 31.7 Å². The van der Waals surface area contributed by atoms with Crippen LogP contribution in [0.2, 0.25) is 5.02 Å². The molecule has 0 saturated carbocycles. The van der Waals surface area contributed by atoms with Gasteiger partial charge in [-0.05, 0) is 75.7 Å². The molecule has 2 fully saturated rings. The molecule has 0 N–H and O–H groups in total. The van der Waals surface area contributed by atoms with Crippen LogP contribution >= 0.6 is 39.3 Å². The van der Waals surface area contributed by atoms with E-state index in [4.69, 9.17) is 20.5 Å². The molecule has 0 radical (unpaired) electrons. The maximum atomic E-state index is 12.8. The lowest BCUT2D eigenvalue weighted by molar-refractivity contribution is -0.139. The van der Waals surface area contributed by atoms with E-state index in [0.717, 1.165) is 16.7 Å². The fourth-order valence-electron chi connectivity index (χ4n) is 3.28. The number of amides is 3. The van der Waals surface area contributed by atoms with Crippen LogP contribution in [-0.2, 0) is 24.4 Å². The Bertz CT molecular complexity index is 1310. The third-order valence-corrected chi connectivity index (χ3v) is 8.11. The summed E-state index contributed by atoms with van der Waals surface area (Å²) in [6.07, 6.45) is 1.49. The molecule has 2 heterocycles. The fourth-order valence-corrected chi connectivity index (χ4v) is 5.77. The van der Waals surface area contributed by atoms with Gasteiger partial charge in [0.15, 0.2) is 5.75 Å². The van der Waals surface area contributed by atoms with Gasteiger partial charge in [0.1, 0.15) is 11.4 Å². The maximum absolute atomic E-state index is 12.8. The average Bonchev–Trinajstić information content (AvgIpc) is 3.09. The molecule has 2 aliphatic rings. The number of nitrogens with zero attached hydrogens (tertiary/aromatic N) is 2. The van der Waals surface area contributed by atoms with Gasteiger partial charge in [0.2, 0.25) is 5.91 Å². The highest BCUT2D eigenvalue weighted by atomic mass is 79.9. The standard InChI is InChI=1S/C22H18BrClN2O7S2/c23-17-11-14(1-6-18(17)33-35(30,31)16-4-2-15(24)3-5-16)12-19-21(28)26(22(29)34-19)13-20(27)25-7-9-32-10-8-25/h1-6,11-12H,7-10,13H2/b19-12-. The van der Waals surface area contributed by atoms with Crippen molar-refractivity contribution in [1.82, 2.24) is 9.80 Å². The summed E-state index contributed by atoms with van der Waals surface area (Å²) in [7, 11) is -4.09. The van der Waals surface area contributed by atoms with Crippen molar-refractivity contribution in [2.24, 2.45) is 0 Å². The van der Waals surface area contributed by atoms with Gasteiger partial charge in [0, 0.05) is 18.1 Å². The topological polar surface area (TPSA) is 110 Å². The Hall–Kier alpha value is -2.38. The van der Waals surface area contributed by atoms with Gasteiger partial charge in [-0.25, -0.2) is 0 Å². The Morgan fingerprint density at radius 2 is 1.83 bits per heavy atom. The monoisotopic (exact) mass is 600 g/mol. The van der Waals surface area contributed by atoms with Gasteiger partial charge >= 0.3 is 10.1 Å². The summed E-state index contributed by atoms with van der Waals surface area (Å²) in [6.45, 7) is 1.34. The highest BCUT2D eigenvalue weighted by Crippen LogP contribution is 2.34. The highest BCUT2D eigenvalue weighted by Gasteiger charge is 2.37. The van der Waals surface area contributed by atoms with E-state index in [1.807, 2.05) is 0 Å². The molecule has 0 bridgehead atoms. The molecule has 13 heteroatoms. The Morgan fingerprint density at radius 1 is 1.14 bits per heavy atom. The molecule has 0 aliphatic carbocycles. The number of rotatable bonds is 6. The van der Waals surface area contributed by atoms with Crippen LogP contribution in [0.25, 0.3) is 6.08 Å². The number of imide groups is 1. The van der Waals surface area contributed by atoms with Crippen LogP contribution < -0.4 is 4.18 Å². The van der Waals surface area contributed by atoms with E-state index in [1.165, 1.54) is 36.4 Å². The Morgan fingerprint density at radius 3 is 2.49 bits per heavy atom. The largest absolute Gasteiger partial charge is 0.378 e. The third-order valence-electron chi connectivity index (χ3n) is 5.09. The fraction of sp³-hybridized carbons (Fsp3) is 0.227. The minimum atomic E-state index is -4.09. The molecule has 3 amide bonds. The van der Waals surface area contributed by atoms with E-state index in [0.29, 0.717) is 41.4 Å². The Balaban J connectivity index is 1.46. The van der Waals surface area contributed by atoms with Gasteiger partial charge < -0.3 is 13.8 Å². The SMILES string of the molecule is O=C(CN1C(=O)S/C(=C\c2ccc(OS(=O)(=O)c3ccc(Cl)cc3)c(Br)c2)C1=O)N1CCOCC1. The molecule has 4 rings (SSSR count). The number of morpholine rings is 1. The zero-order valence-electron chi connectivity index (χ0n) is 18.0. The molecule has 9 nitrogen and oxygen atoms in total. The molecule has 2 aliphatic heterocycles. The summed E-state index contributed by atoms with van der Waals surface area (Å²) in [6, 6.07) is 10.1. The van der Waals surface area contributed by atoms with E-state index in [1.54, 1.807) is 17.0 Å². The number of hydrogen-bond acceptors (Lipinski definition) is 8. The lowest BCUT2D eigenvalue weighted by Crippen LogP contribution is -2.46. The zero-order chi connectivity index (χ0) is 25.2. The molecule has 35 heavy (non-hydrogen) atoms. The molecule has 184 valence electrons. The van der Waals surface area contributed by atoms with E-state index < -0.39 is 21.3 Å². The van der Waals surface area contributed by atoms with Crippen molar-refractivity contribution in [2.75, 3.05) is 32.8 Å². The number of hydrogen-bond donors (Lipinski definition) is 0. The second-order valence-corrected chi connectivity index (χ2v) is 11.3. The summed E-state index contributed by atoms with van der Waals surface area (Å²) in [5, 5.41) is -0.139. The number of carbonyl (C=O) groups is 3.